The van der Waals surface area contributed by atoms with Crippen LogP contribution >= 0.6 is 0 Å². The molecule has 23 heteroatoms. The van der Waals surface area contributed by atoms with E-state index in [9.17, 15) is 19.5 Å². The molecule has 5 aliphatic rings. The fraction of sp³-hybridized carbons (Fsp3) is 0.571. The van der Waals surface area contributed by atoms with Crippen molar-refractivity contribution in [1.82, 2.24) is 54.9 Å². The summed E-state index contributed by atoms with van der Waals surface area (Å²) in [4.78, 5) is 66.8. The molecule has 2 atom stereocenters. The average molecular weight is 996 g/mol. The summed E-state index contributed by atoms with van der Waals surface area (Å²) in [5.41, 5.74) is 8.90. The van der Waals surface area contributed by atoms with Crippen molar-refractivity contribution < 1.29 is 37.5 Å². The molecule has 72 heavy (non-hydrogen) atoms. The van der Waals surface area contributed by atoms with Crippen LogP contribution in [0.1, 0.15) is 84.8 Å². The van der Waals surface area contributed by atoms with Crippen molar-refractivity contribution in [3.05, 3.63) is 48.2 Å². The van der Waals surface area contributed by atoms with Gasteiger partial charge in [-0.25, -0.2) is 38.2 Å². The highest BCUT2D eigenvalue weighted by molar-refractivity contribution is 6.00. The molecule has 1 saturated carbocycles. The van der Waals surface area contributed by atoms with Crippen molar-refractivity contribution in [3.8, 4) is 22.8 Å². The zero-order valence-electron chi connectivity index (χ0n) is 41.4. The first-order valence-corrected chi connectivity index (χ1v) is 24.9. The van der Waals surface area contributed by atoms with Crippen molar-refractivity contribution in [2.75, 3.05) is 92.9 Å². The van der Waals surface area contributed by atoms with Crippen LogP contribution < -0.4 is 26.2 Å². The second-order valence-corrected chi connectivity index (χ2v) is 21.1. The van der Waals surface area contributed by atoms with Crippen molar-refractivity contribution >= 4 is 51.8 Å². The molecular weight excluding hydrogens is 933 g/mol. The standard InChI is InChI=1S/C49H63F2N15O6/c1-48(2,3)66-45-39(43(52)55-27-56-45)40(59-66)41-38(42(72-60-41)28-6-7-28)44-53-24-30(25-54-44)61-14-16-64(17-15-61)47(70)71-26-37(68)63-12-10-29(11-13-63)49(4,5)65-20-18-62(19-21-65)35-23-31(50)34(22-32(35)51)57-33-8-9-36(67)58-46(33)69/h22-25,27-29,33,36,57,67H,6-21,26H2,1-5H3,(H,58,69)(H2,52,55,56)/t33-,36?/m0/s1. The number of halogens is 2. The van der Waals surface area contributed by atoms with E-state index in [-0.39, 0.29) is 47.1 Å². The maximum absolute atomic E-state index is 15.4. The Morgan fingerprint density at radius 1 is 0.847 bits per heavy atom. The first-order chi connectivity index (χ1) is 34.4. The highest BCUT2D eigenvalue weighted by atomic mass is 19.1. The van der Waals surface area contributed by atoms with E-state index in [0.717, 1.165) is 37.4 Å². The quantitative estimate of drug-likeness (QED) is 0.142. The van der Waals surface area contributed by atoms with Gasteiger partial charge in [0.1, 0.15) is 47.4 Å². The fourth-order valence-corrected chi connectivity index (χ4v) is 10.6. The van der Waals surface area contributed by atoms with E-state index in [2.05, 4.69) is 49.4 Å². The van der Waals surface area contributed by atoms with Crippen molar-refractivity contribution in [2.45, 2.75) is 102 Å². The number of piperazine rings is 2. The first-order valence-electron chi connectivity index (χ1n) is 24.9. The maximum atomic E-state index is 15.4. The molecular formula is C49H63F2N15O6. The minimum Gasteiger partial charge on any atom is -0.439 e. The number of hydrogen-bond donors (Lipinski definition) is 4. The smallest absolute Gasteiger partial charge is 0.410 e. The molecule has 5 N–H and O–H groups in total. The van der Waals surface area contributed by atoms with Gasteiger partial charge in [-0.1, -0.05) is 5.16 Å². The summed E-state index contributed by atoms with van der Waals surface area (Å²) in [6.45, 7) is 15.4. The number of aromatic nitrogens is 7. The molecule has 0 spiro atoms. The number of aliphatic hydroxyl groups is 1. The largest absolute Gasteiger partial charge is 0.439 e. The second kappa shape index (κ2) is 19.4. The van der Waals surface area contributed by atoms with Crippen LogP contribution in [-0.4, -0.2) is 162 Å². The maximum Gasteiger partial charge on any atom is 0.410 e. The number of carbonyl (C=O) groups excluding carboxylic acids is 3. The molecule has 384 valence electrons. The number of piperidine rings is 2. The molecule has 1 aromatic carbocycles. The third-order valence-electron chi connectivity index (χ3n) is 15.1. The summed E-state index contributed by atoms with van der Waals surface area (Å²) in [5.74, 6) is 0.00700. The Morgan fingerprint density at radius 2 is 1.54 bits per heavy atom. The number of ether oxygens (including phenoxy) is 1. The Bertz CT molecular complexity index is 2820. The van der Waals surface area contributed by atoms with Crippen LogP contribution in [-0.2, 0) is 19.9 Å². The van der Waals surface area contributed by atoms with Crippen LogP contribution in [0.5, 0.6) is 0 Å². The SMILES string of the molecule is CC(C)(C1CCN(C(=O)COC(=O)N2CCN(c3cnc(-c4c(-c5nn(C(C)(C)C)c6ncnc(N)c56)noc4C4CC4)nc3)CC2)CC1)N1CCN(c2cc(F)c(N[C@H]3CCC(O)NC3=O)cc2F)CC1. The molecule has 4 aromatic heterocycles. The van der Waals surface area contributed by atoms with Gasteiger partial charge in [0.2, 0.25) is 5.91 Å². The lowest BCUT2D eigenvalue weighted by Crippen LogP contribution is -2.59. The zero-order chi connectivity index (χ0) is 50.6. The van der Waals surface area contributed by atoms with Crippen molar-refractivity contribution in [2.24, 2.45) is 5.92 Å². The van der Waals surface area contributed by atoms with E-state index >= 15 is 8.78 Å². The number of anilines is 4. The lowest BCUT2D eigenvalue weighted by atomic mass is 9.78. The van der Waals surface area contributed by atoms with Crippen LogP contribution in [0.2, 0.25) is 0 Å². The van der Waals surface area contributed by atoms with Crippen LogP contribution in [0.15, 0.2) is 35.4 Å². The minimum absolute atomic E-state index is 0.0946. The van der Waals surface area contributed by atoms with Gasteiger partial charge in [0, 0.05) is 89.0 Å². The molecule has 3 amide bonds. The monoisotopic (exact) mass is 996 g/mol. The number of hydrogen-bond acceptors (Lipinski definition) is 17. The van der Waals surface area contributed by atoms with Gasteiger partial charge in [0.05, 0.1) is 45.9 Å². The Morgan fingerprint density at radius 3 is 2.21 bits per heavy atom. The number of likely N-dealkylation sites (tertiary alicyclic amines) is 1. The highest BCUT2D eigenvalue weighted by Crippen LogP contribution is 2.48. The Labute approximate surface area is 415 Å². The summed E-state index contributed by atoms with van der Waals surface area (Å²) in [5, 5.41) is 24.9. The predicted octanol–water partition coefficient (Wildman–Crippen LogP) is 4.54. The van der Waals surface area contributed by atoms with E-state index in [4.69, 9.17) is 30.1 Å². The Balaban J connectivity index is 0.682. The van der Waals surface area contributed by atoms with Crippen molar-refractivity contribution in [3.63, 3.8) is 0 Å². The molecule has 0 bridgehead atoms. The summed E-state index contributed by atoms with van der Waals surface area (Å²) in [6, 6.07) is 1.51. The highest BCUT2D eigenvalue weighted by Gasteiger charge is 2.41. The number of nitrogen functional groups attached to an aromatic ring is 1. The van der Waals surface area contributed by atoms with Crippen LogP contribution in [0.4, 0.5) is 36.5 Å². The number of nitrogens with one attached hydrogen (secondary N) is 2. The number of benzene rings is 1. The van der Waals surface area contributed by atoms with Crippen LogP contribution in [0, 0.1) is 17.6 Å². The second-order valence-electron chi connectivity index (χ2n) is 21.1. The van der Waals surface area contributed by atoms with Gasteiger partial charge in [-0.2, -0.15) is 5.10 Å². The molecule has 1 aliphatic carbocycles. The van der Waals surface area contributed by atoms with E-state index in [0.29, 0.717) is 118 Å². The molecule has 4 saturated heterocycles. The molecule has 1 unspecified atom stereocenters. The van der Waals surface area contributed by atoms with Gasteiger partial charge >= 0.3 is 6.09 Å². The number of rotatable bonds is 11. The summed E-state index contributed by atoms with van der Waals surface area (Å²) in [6.07, 6.45) is 7.58. The van der Waals surface area contributed by atoms with Gasteiger partial charge in [0.25, 0.3) is 5.91 Å². The topological polar surface area (TPSA) is 242 Å². The molecule has 21 nitrogen and oxygen atoms in total. The molecule has 10 rings (SSSR count). The zero-order valence-corrected chi connectivity index (χ0v) is 41.4. The fourth-order valence-electron chi connectivity index (χ4n) is 10.6. The van der Waals surface area contributed by atoms with Gasteiger partial charge < -0.3 is 50.3 Å². The number of aliphatic hydroxyl groups excluding tert-OH is 1. The number of nitrogens with zero attached hydrogens (tertiary/aromatic N) is 12. The van der Waals surface area contributed by atoms with E-state index in [1.54, 1.807) is 22.2 Å². The molecule has 4 aliphatic heterocycles. The Kier molecular flexibility index (Phi) is 13.1. The lowest BCUT2D eigenvalue weighted by molar-refractivity contribution is -0.136. The third kappa shape index (κ3) is 9.66. The molecule has 5 fully saturated rings. The van der Waals surface area contributed by atoms with E-state index in [1.165, 1.54) is 12.4 Å². The molecule has 8 heterocycles. The van der Waals surface area contributed by atoms with Crippen molar-refractivity contribution in [1.29, 1.82) is 0 Å². The summed E-state index contributed by atoms with van der Waals surface area (Å²) >= 11 is 0. The molecule has 0 radical (unpaired) electrons. The average Bonchev–Trinajstić information content (AvgIpc) is 3.99. The summed E-state index contributed by atoms with van der Waals surface area (Å²) < 4.78 is 44.0. The number of amides is 3. The van der Waals surface area contributed by atoms with Crippen LogP contribution in [0.25, 0.3) is 33.8 Å². The minimum atomic E-state index is -0.941. The van der Waals surface area contributed by atoms with E-state index in [1.807, 2.05) is 30.4 Å². The first kappa shape index (κ1) is 48.9. The van der Waals surface area contributed by atoms with Gasteiger partial charge in [0.15, 0.2) is 23.8 Å². The predicted molar refractivity (Wildman–Crippen MR) is 263 cm³/mol. The number of nitrogens with two attached hydrogens (primary N) is 1. The molecule has 5 aromatic rings. The summed E-state index contributed by atoms with van der Waals surface area (Å²) in [7, 11) is 0. The number of carbonyl (C=O) groups is 3. The van der Waals surface area contributed by atoms with Crippen LogP contribution in [0.3, 0.4) is 0 Å². The lowest BCUT2D eigenvalue weighted by Gasteiger charge is -2.50. The number of fused-ring (bicyclic) bond motifs is 1. The van der Waals surface area contributed by atoms with Gasteiger partial charge in [-0.3, -0.25) is 14.5 Å². The third-order valence-corrected chi connectivity index (χ3v) is 15.1. The van der Waals surface area contributed by atoms with Gasteiger partial charge in [-0.15, -0.1) is 0 Å². The van der Waals surface area contributed by atoms with Gasteiger partial charge in [-0.05, 0) is 79.1 Å². The normalized spacial score (nSPS) is 20.8. The van der Waals surface area contributed by atoms with E-state index < -0.39 is 41.4 Å². The Hall–Kier alpha value is -6.75.